The number of hydrogen-bond acceptors (Lipinski definition) is 5. The Morgan fingerprint density at radius 2 is 1.85 bits per heavy atom. The second-order valence-electron chi connectivity index (χ2n) is 7.96. The van der Waals surface area contributed by atoms with E-state index >= 15 is 0 Å². The summed E-state index contributed by atoms with van der Waals surface area (Å²) >= 11 is 0. The molecule has 1 N–H and O–H groups in total. The number of nitrogens with zero attached hydrogens (tertiary/aromatic N) is 4. The van der Waals surface area contributed by atoms with Crippen LogP contribution in [0.2, 0.25) is 0 Å². The van der Waals surface area contributed by atoms with Gasteiger partial charge in [0.15, 0.2) is 5.65 Å². The van der Waals surface area contributed by atoms with E-state index in [1.165, 1.54) is 31.2 Å². The van der Waals surface area contributed by atoms with Gasteiger partial charge in [0.05, 0.1) is 19.0 Å². The second-order valence-corrected chi connectivity index (χ2v) is 7.96. The van der Waals surface area contributed by atoms with Crippen molar-refractivity contribution in [2.45, 2.75) is 45.4 Å². The molecule has 5 rings (SSSR count). The number of fused-ring (bicyclic) bond motifs is 1. The minimum absolute atomic E-state index is 0.610. The Balaban J connectivity index is 1.57. The molecule has 6 heteroatoms. The number of aromatic nitrogens is 4. The predicted molar refractivity (Wildman–Crippen MR) is 105 cm³/mol. The van der Waals surface area contributed by atoms with Crippen LogP contribution in [0.1, 0.15) is 48.6 Å². The number of hydrogen-bond donors (Lipinski definition) is 1. The lowest BCUT2D eigenvalue weighted by Gasteiger charge is -2.15. The van der Waals surface area contributed by atoms with Crippen LogP contribution in [0.4, 0.5) is 11.6 Å². The molecule has 2 fully saturated rings. The molecule has 0 saturated heterocycles. The van der Waals surface area contributed by atoms with Gasteiger partial charge in [-0.1, -0.05) is 6.07 Å². The molecule has 2 saturated carbocycles. The number of methoxy groups -OCH3 is 1. The molecule has 0 bridgehead atoms. The molecule has 0 unspecified atom stereocenters. The molecular weight excluding hydrogens is 338 g/mol. The average Bonchev–Trinajstić information content (AvgIpc) is 3.57. The van der Waals surface area contributed by atoms with Crippen molar-refractivity contribution in [2.75, 3.05) is 12.4 Å². The Morgan fingerprint density at radius 1 is 1.11 bits per heavy atom. The van der Waals surface area contributed by atoms with Gasteiger partial charge in [0.2, 0.25) is 5.95 Å². The zero-order valence-electron chi connectivity index (χ0n) is 16.1. The van der Waals surface area contributed by atoms with Crippen molar-refractivity contribution in [3.8, 4) is 5.75 Å². The first kappa shape index (κ1) is 16.5. The summed E-state index contributed by atoms with van der Waals surface area (Å²) in [4.78, 5) is 9.36. The fourth-order valence-corrected chi connectivity index (χ4v) is 4.14. The maximum Gasteiger partial charge on any atom is 0.232 e. The van der Waals surface area contributed by atoms with E-state index in [0.29, 0.717) is 11.9 Å². The lowest BCUT2D eigenvalue weighted by atomic mass is 9.91. The highest BCUT2D eigenvalue weighted by molar-refractivity contribution is 5.65. The van der Waals surface area contributed by atoms with E-state index < -0.39 is 0 Å². The molecule has 27 heavy (non-hydrogen) atoms. The van der Waals surface area contributed by atoms with E-state index in [1.807, 2.05) is 29.8 Å². The fourth-order valence-electron chi connectivity index (χ4n) is 4.14. The highest BCUT2D eigenvalue weighted by Gasteiger charge is 2.43. The van der Waals surface area contributed by atoms with E-state index in [2.05, 4.69) is 28.4 Å². The quantitative estimate of drug-likeness (QED) is 0.703. The molecule has 6 nitrogen and oxygen atoms in total. The average molecular weight is 363 g/mol. The minimum atomic E-state index is 0.610. The maximum absolute atomic E-state index is 5.53. The Labute approximate surface area is 159 Å². The molecule has 140 valence electrons. The summed E-state index contributed by atoms with van der Waals surface area (Å²) < 4.78 is 7.37. The van der Waals surface area contributed by atoms with Crippen molar-refractivity contribution in [3.05, 3.63) is 41.3 Å². The van der Waals surface area contributed by atoms with Crippen LogP contribution in [0.25, 0.3) is 5.65 Å². The van der Waals surface area contributed by atoms with E-state index in [0.717, 1.165) is 40.3 Å². The lowest BCUT2D eigenvalue weighted by molar-refractivity contribution is 0.416. The Hall–Kier alpha value is -2.63. The molecule has 2 aliphatic rings. The van der Waals surface area contributed by atoms with E-state index in [4.69, 9.17) is 9.72 Å². The minimum Gasteiger partial charge on any atom is -0.495 e. The monoisotopic (exact) mass is 363 g/mol. The molecule has 2 aromatic heterocycles. The zero-order chi connectivity index (χ0) is 18.5. The van der Waals surface area contributed by atoms with Crippen molar-refractivity contribution in [1.29, 1.82) is 0 Å². The van der Waals surface area contributed by atoms with Gasteiger partial charge in [0.1, 0.15) is 11.6 Å². The number of nitrogens with one attached hydrogen (secondary N) is 1. The van der Waals surface area contributed by atoms with Gasteiger partial charge in [0.25, 0.3) is 0 Å². The van der Waals surface area contributed by atoms with Crippen LogP contribution in [-0.2, 0) is 0 Å². The first-order valence-corrected chi connectivity index (χ1v) is 9.78. The van der Waals surface area contributed by atoms with Gasteiger partial charge in [-0.3, -0.25) is 0 Å². The summed E-state index contributed by atoms with van der Waals surface area (Å²) in [5.74, 6) is 4.46. The van der Waals surface area contributed by atoms with Gasteiger partial charge in [-0.05, 0) is 75.0 Å². The Bertz CT molecular complexity index is 991. The Morgan fingerprint density at radius 3 is 2.52 bits per heavy atom. The number of aryl methyl sites for hydroxylation is 2. The normalized spacial score (nSPS) is 16.9. The van der Waals surface area contributed by atoms with Crippen molar-refractivity contribution in [3.63, 3.8) is 0 Å². The molecule has 3 aromatic rings. The van der Waals surface area contributed by atoms with Gasteiger partial charge in [-0.2, -0.15) is 14.6 Å². The van der Waals surface area contributed by atoms with Gasteiger partial charge >= 0.3 is 0 Å². The van der Waals surface area contributed by atoms with E-state index in [9.17, 15) is 0 Å². The Kier molecular flexibility index (Phi) is 3.81. The SMILES string of the molecule is COc1cc(C)ccc1Nc1nc(C)nc2c(C(C3CC3)C3CC3)cnn12. The van der Waals surface area contributed by atoms with Crippen LogP contribution in [0.5, 0.6) is 5.75 Å². The first-order valence-electron chi connectivity index (χ1n) is 9.78. The summed E-state index contributed by atoms with van der Waals surface area (Å²) in [6.45, 7) is 3.99. The molecule has 0 spiro atoms. The standard InChI is InChI=1S/C21H25N5O/c1-12-4-9-17(18(10-12)27-3)25-21-24-13(2)23-20-16(11-22-26(20)21)19(14-5-6-14)15-7-8-15/h4,9-11,14-15,19H,5-8H2,1-3H3,(H,23,24,25). The van der Waals surface area contributed by atoms with Crippen LogP contribution >= 0.6 is 0 Å². The van der Waals surface area contributed by atoms with Crippen LogP contribution in [0.15, 0.2) is 24.4 Å². The second kappa shape index (κ2) is 6.22. The summed E-state index contributed by atoms with van der Waals surface area (Å²) in [5.41, 5.74) is 4.27. The summed E-state index contributed by atoms with van der Waals surface area (Å²) in [6, 6.07) is 6.08. The molecule has 0 radical (unpaired) electrons. The molecule has 0 amide bonds. The first-order chi connectivity index (χ1) is 13.1. The smallest absolute Gasteiger partial charge is 0.232 e. The number of ether oxygens (including phenoxy) is 1. The van der Waals surface area contributed by atoms with Crippen LogP contribution in [0.3, 0.4) is 0 Å². The van der Waals surface area contributed by atoms with Crippen molar-refractivity contribution < 1.29 is 4.74 Å². The van der Waals surface area contributed by atoms with Crippen LogP contribution in [0, 0.1) is 25.7 Å². The molecule has 1 aromatic carbocycles. The van der Waals surface area contributed by atoms with Crippen LogP contribution < -0.4 is 10.1 Å². The maximum atomic E-state index is 5.53. The third kappa shape index (κ3) is 3.03. The summed E-state index contributed by atoms with van der Waals surface area (Å²) in [6.07, 6.45) is 7.38. The largest absolute Gasteiger partial charge is 0.495 e. The molecule has 0 aliphatic heterocycles. The molecule has 2 aliphatic carbocycles. The number of benzene rings is 1. The molecular formula is C21H25N5O. The van der Waals surface area contributed by atoms with Crippen molar-refractivity contribution in [1.82, 2.24) is 19.6 Å². The van der Waals surface area contributed by atoms with Gasteiger partial charge in [-0.25, -0.2) is 4.98 Å². The highest BCUT2D eigenvalue weighted by atomic mass is 16.5. The van der Waals surface area contributed by atoms with E-state index in [1.54, 1.807) is 7.11 Å². The van der Waals surface area contributed by atoms with E-state index in [-0.39, 0.29) is 0 Å². The molecule has 2 heterocycles. The number of rotatable bonds is 6. The third-order valence-corrected chi connectivity index (χ3v) is 5.73. The van der Waals surface area contributed by atoms with Crippen LogP contribution in [-0.4, -0.2) is 26.7 Å². The van der Waals surface area contributed by atoms with Gasteiger partial charge in [0, 0.05) is 5.56 Å². The fraction of sp³-hybridized carbons (Fsp3) is 0.476. The summed E-state index contributed by atoms with van der Waals surface area (Å²) in [5, 5.41) is 8.06. The number of anilines is 2. The summed E-state index contributed by atoms with van der Waals surface area (Å²) in [7, 11) is 1.68. The highest BCUT2D eigenvalue weighted by Crippen LogP contribution is 2.55. The topological polar surface area (TPSA) is 64.3 Å². The van der Waals surface area contributed by atoms with Crippen molar-refractivity contribution in [2.24, 2.45) is 11.8 Å². The third-order valence-electron chi connectivity index (χ3n) is 5.73. The predicted octanol–water partition coefficient (Wildman–Crippen LogP) is 4.40. The lowest BCUT2D eigenvalue weighted by Crippen LogP contribution is -2.09. The van der Waals surface area contributed by atoms with Crippen molar-refractivity contribution >= 4 is 17.3 Å². The zero-order valence-corrected chi connectivity index (χ0v) is 16.1. The van der Waals surface area contributed by atoms with Gasteiger partial charge in [-0.15, -0.1) is 0 Å². The van der Waals surface area contributed by atoms with Gasteiger partial charge < -0.3 is 10.1 Å². The molecule has 0 atom stereocenters.